The fraction of sp³-hybridized carbons (Fsp3) is 0.933. The maximum absolute atomic E-state index is 14.3. The number of rotatable bonds is 13. The molecule has 300 valence electrons. The Bertz CT molecular complexity index is 1230. The largest absolute Gasteiger partial charge is 0.462 e. The van der Waals surface area contributed by atoms with Crippen LogP contribution in [0.3, 0.4) is 0 Å². The Morgan fingerprint density at radius 2 is 0.520 bits per heavy atom. The summed E-state index contributed by atoms with van der Waals surface area (Å²) in [5, 5.41) is 0. The molecule has 0 fully saturated rings. The van der Waals surface area contributed by atoms with E-state index in [2.05, 4.69) is 0 Å². The number of hydrogen-bond donors (Lipinski definition) is 0. The van der Waals surface area contributed by atoms with E-state index < -0.39 is 90.7 Å². The number of halogens is 30. The van der Waals surface area contributed by atoms with Crippen LogP contribution in [0.25, 0.3) is 0 Å². The number of carbonyl (C=O) groups excluding carboxylic acids is 1. The highest BCUT2D eigenvalue weighted by molar-refractivity contribution is 5.77. The van der Waals surface area contributed by atoms with Crippen LogP contribution < -0.4 is 0 Å². The Morgan fingerprint density at radius 1 is 0.300 bits per heavy atom. The highest BCUT2D eigenvalue weighted by atomic mass is 19.4. The van der Waals surface area contributed by atoms with Crippen molar-refractivity contribution < 1.29 is 155 Å². The third-order valence-electron chi connectivity index (χ3n) is 4.63. The van der Waals surface area contributed by atoms with Crippen LogP contribution in [0.4, 0.5) is 132 Å². The van der Waals surface area contributed by atoms with Gasteiger partial charge >= 0.3 is 90.7 Å². The molecule has 0 spiro atoms. The molecule has 0 aliphatic heterocycles. The van der Waals surface area contributed by atoms with Crippen molar-refractivity contribution in [2.24, 2.45) is 0 Å². The summed E-state index contributed by atoms with van der Waals surface area (Å²) in [5.74, 6) is -43.6. The molecular weight excluding hydrogens is 830 g/mol. The first-order chi connectivity index (χ1) is 21.0. The van der Waals surface area contributed by atoms with Crippen LogP contribution in [0.15, 0.2) is 0 Å². The fourth-order valence-corrected chi connectivity index (χ4v) is 2.19. The lowest BCUT2D eigenvalue weighted by atomic mass is 10.2. The molecule has 0 bridgehead atoms. The number of alkyl halides is 29. The van der Waals surface area contributed by atoms with Gasteiger partial charge in [-0.05, 0) is 0 Å². The van der Waals surface area contributed by atoms with E-state index in [1.165, 1.54) is 0 Å². The summed E-state index contributed by atoms with van der Waals surface area (Å²) in [7, 11) is 0. The summed E-state index contributed by atoms with van der Waals surface area (Å²) in [4.78, 5) is 10.1. The van der Waals surface area contributed by atoms with Gasteiger partial charge in [-0.25, -0.2) is 0 Å². The van der Waals surface area contributed by atoms with E-state index in [1.54, 1.807) is 0 Å². The normalized spacial score (nSPS) is 20.4. The average Bonchev–Trinajstić information content (AvgIpc) is 2.78. The van der Waals surface area contributed by atoms with E-state index in [0.29, 0.717) is 0 Å². The molecule has 0 radical (unpaired) electrons. The van der Waals surface area contributed by atoms with Gasteiger partial charge in [-0.1, -0.05) is 0 Å². The van der Waals surface area contributed by atoms with Crippen LogP contribution in [-0.2, 0) is 23.7 Å². The first-order valence-electron chi connectivity index (χ1n) is 10.0. The molecule has 0 heterocycles. The van der Waals surface area contributed by atoms with Crippen LogP contribution in [0.2, 0.25) is 0 Å². The summed E-state index contributed by atoms with van der Waals surface area (Å²) < 4.78 is 397. The molecule has 0 unspecified atom stereocenters. The molecule has 0 aromatic heterocycles. The zero-order chi connectivity index (χ0) is 41.4. The van der Waals surface area contributed by atoms with E-state index in [9.17, 15) is 137 Å². The van der Waals surface area contributed by atoms with Crippen molar-refractivity contribution in [3.8, 4) is 0 Å². The van der Waals surface area contributed by atoms with Crippen LogP contribution >= 0.6 is 0 Å². The Hall–Kier alpha value is -2.59. The van der Waals surface area contributed by atoms with E-state index >= 15 is 0 Å². The topological polar surface area (TPSA) is 54.0 Å². The predicted octanol–water partition coefficient (Wildman–Crippen LogP) is 9.03. The third-order valence-corrected chi connectivity index (χ3v) is 4.63. The molecule has 0 saturated carbocycles. The summed E-state index contributed by atoms with van der Waals surface area (Å²) in [6.07, 6.45) is -78.1. The van der Waals surface area contributed by atoms with Gasteiger partial charge in [-0.15, -0.1) is 0 Å². The Balaban J connectivity index is 7.69. The molecule has 0 N–H and O–H groups in total. The maximum Gasteiger partial charge on any atom is 0.462 e. The van der Waals surface area contributed by atoms with Gasteiger partial charge in [-0.2, -0.15) is 132 Å². The van der Waals surface area contributed by atoms with Crippen molar-refractivity contribution in [3.63, 3.8) is 0 Å². The summed E-state index contributed by atoms with van der Waals surface area (Å²) >= 11 is 0. The lowest BCUT2D eigenvalue weighted by molar-refractivity contribution is -0.592. The zero-order valence-corrected chi connectivity index (χ0v) is 20.9. The Morgan fingerprint density at radius 3 is 0.700 bits per heavy atom. The Kier molecular flexibility index (Phi) is 11.6. The standard InChI is InChI=1S/C15F30O5/c16-1(46)2(17,7(23,24)25)47-13(40,41)4(20,9(29,30)31)49-15(44,45)6(22,11(35,36)37)50-14(42,43)5(21,10(32,33)34)48-12(38,39)3(18,19)8(26,27)28/t2-,4+,5+,6-/m0/s1. The van der Waals surface area contributed by atoms with Crippen LogP contribution in [0, 0.1) is 0 Å². The first kappa shape index (κ1) is 47.4. The molecule has 0 aromatic carbocycles. The quantitative estimate of drug-likeness (QED) is 0.137. The first-order valence-corrected chi connectivity index (χ1v) is 10.0. The molecule has 0 aromatic rings. The van der Waals surface area contributed by atoms with Gasteiger partial charge in [0.1, 0.15) is 0 Å². The maximum atomic E-state index is 14.3. The van der Waals surface area contributed by atoms with Gasteiger partial charge in [0, 0.05) is 0 Å². The van der Waals surface area contributed by atoms with Crippen molar-refractivity contribution >= 4 is 6.04 Å². The molecule has 0 aliphatic rings. The lowest BCUT2D eigenvalue weighted by Crippen LogP contribution is -2.72. The van der Waals surface area contributed by atoms with Gasteiger partial charge in [0.05, 0.1) is 0 Å². The van der Waals surface area contributed by atoms with E-state index in [0.717, 1.165) is 18.9 Å². The molecular formula is C15F30O5. The molecule has 0 amide bonds. The number of ether oxygens (including phenoxy) is 4. The van der Waals surface area contributed by atoms with Crippen LogP contribution in [0.1, 0.15) is 0 Å². The molecule has 0 rings (SSSR count). The summed E-state index contributed by atoms with van der Waals surface area (Å²) in [6, 6.07) is -5.18. The summed E-state index contributed by atoms with van der Waals surface area (Å²) in [5.41, 5.74) is 0. The second-order valence-corrected chi connectivity index (χ2v) is 8.19. The fourth-order valence-electron chi connectivity index (χ4n) is 2.19. The van der Waals surface area contributed by atoms with Gasteiger partial charge in [0.15, 0.2) is 0 Å². The molecule has 4 atom stereocenters. The number of carbonyl (C=O) groups is 1. The SMILES string of the molecule is O=C(F)[C@](F)(OC(F)(F)[C@](F)(OC(F)(F)[C@@](F)(OC(F)(F)[C@](F)(OC(F)(F)C(F)(F)C(F)(F)F)C(F)(F)F)C(F)(F)F)C(F)(F)F)C(F)(F)F. The minimum Gasteiger partial charge on any atom is -0.263 e. The van der Waals surface area contributed by atoms with E-state index in [4.69, 9.17) is 0 Å². The monoisotopic (exact) mass is 830 g/mol. The van der Waals surface area contributed by atoms with Crippen molar-refractivity contribution in [1.29, 1.82) is 0 Å². The molecule has 0 aliphatic carbocycles. The average molecular weight is 830 g/mol. The molecule has 50 heavy (non-hydrogen) atoms. The smallest absolute Gasteiger partial charge is 0.263 e. The summed E-state index contributed by atoms with van der Waals surface area (Å²) in [6.45, 7) is 0. The van der Waals surface area contributed by atoms with E-state index in [-0.39, 0.29) is 0 Å². The van der Waals surface area contributed by atoms with Gasteiger partial charge in [-0.3, -0.25) is 23.7 Å². The number of hydrogen-bond acceptors (Lipinski definition) is 5. The zero-order valence-electron chi connectivity index (χ0n) is 20.9. The van der Waals surface area contributed by atoms with Gasteiger partial charge in [0.25, 0.3) is 0 Å². The predicted molar refractivity (Wildman–Crippen MR) is 80.8 cm³/mol. The highest BCUT2D eigenvalue weighted by Gasteiger charge is 2.90. The molecule has 5 nitrogen and oxygen atoms in total. The van der Waals surface area contributed by atoms with Crippen molar-refractivity contribution in [2.45, 2.75) is 84.7 Å². The third kappa shape index (κ3) is 7.62. The highest BCUT2D eigenvalue weighted by Crippen LogP contribution is 2.61. The molecule has 0 saturated heterocycles. The second-order valence-electron chi connectivity index (χ2n) is 8.19. The lowest BCUT2D eigenvalue weighted by Gasteiger charge is -2.43. The van der Waals surface area contributed by atoms with Crippen molar-refractivity contribution in [2.75, 3.05) is 0 Å². The Labute approximate surface area is 247 Å². The molecule has 35 heteroatoms. The minimum atomic E-state index is -9.29. The minimum absolute atomic E-state index is 0.788. The van der Waals surface area contributed by atoms with E-state index in [1.807, 2.05) is 0 Å². The second kappa shape index (κ2) is 12.2. The van der Waals surface area contributed by atoms with Crippen LogP contribution in [-0.4, -0.2) is 90.7 Å². The van der Waals surface area contributed by atoms with Crippen molar-refractivity contribution in [3.05, 3.63) is 0 Å². The van der Waals surface area contributed by atoms with Crippen molar-refractivity contribution in [1.82, 2.24) is 0 Å². The van der Waals surface area contributed by atoms with Crippen LogP contribution in [0.5, 0.6) is 0 Å². The van der Waals surface area contributed by atoms with Gasteiger partial charge < -0.3 is 0 Å². The van der Waals surface area contributed by atoms with Gasteiger partial charge in [0.2, 0.25) is 0 Å².